The molecule has 0 spiro atoms. The quantitative estimate of drug-likeness (QED) is 0.294. The molecule has 11 heteroatoms. The zero-order chi connectivity index (χ0) is 33.8. The van der Waals surface area contributed by atoms with E-state index in [0.29, 0.717) is 58.4 Å². The van der Waals surface area contributed by atoms with Gasteiger partial charge in [0.05, 0.1) is 23.2 Å². The number of nitrogens with one attached hydrogen (secondary N) is 4. The Labute approximate surface area is 284 Å². The highest BCUT2D eigenvalue weighted by Gasteiger charge is 2.30. The van der Waals surface area contributed by atoms with Gasteiger partial charge in [0.1, 0.15) is 0 Å². The molecule has 1 aromatic carbocycles. The number of piperidine rings is 1. The molecule has 2 aromatic rings. The molecule has 3 aliphatic heterocycles. The highest BCUT2D eigenvalue weighted by molar-refractivity contribution is 7.11. The Bertz CT molecular complexity index is 1330. The molecule has 4 N–H and O–H groups in total. The molecular weight excluding hydrogens is 613 g/mol. The van der Waals surface area contributed by atoms with Crippen LogP contribution >= 0.6 is 11.3 Å². The van der Waals surface area contributed by atoms with Crippen molar-refractivity contribution in [2.24, 2.45) is 5.41 Å². The summed E-state index contributed by atoms with van der Waals surface area (Å²) >= 11 is 1.65. The molecule has 4 heterocycles. The van der Waals surface area contributed by atoms with Gasteiger partial charge in [-0.15, -0.1) is 11.3 Å². The van der Waals surface area contributed by atoms with Crippen LogP contribution in [0, 0.1) is 12.3 Å². The molecule has 4 bridgehead atoms. The fourth-order valence-corrected chi connectivity index (χ4v) is 7.39. The normalized spacial score (nSPS) is 21.7. The molecule has 0 aliphatic carbocycles. The maximum absolute atomic E-state index is 13.7. The largest absolute Gasteiger partial charge is 0.356 e. The van der Waals surface area contributed by atoms with Crippen LogP contribution in [0.2, 0.25) is 0 Å². The van der Waals surface area contributed by atoms with Crippen molar-refractivity contribution in [2.45, 2.75) is 116 Å². The number of thiazole rings is 1. The number of unbranched alkanes of at least 4 members (excludes halogenated alkanes) is 1. The van der Waals surface area contributed by atoms with Crippen molar-refractivity contribution in [1.29, 1.82) is 0 Å². The van der Waals surface area contributed by atoms with Crippen LogP contribution in [0.15, 0.2) is 30.3 Å². The maximum atomic E-state index is 13.7. The molecular formula is C36H54N6O4S. The SMILES string of the molecule is Cc1sc2nc1CC(=O)N[C@@H](CCCCNC(=O)CC(C)(C)C)CC(=O)NCCC[C@H](NCc1ccccc1)C(=O)N1CCC2CC1. The summed E-state index contributed by atoms with van der Waals surface area (Å²) in [6, 6.07) is 9.42. The van der Waals surface area contributed by atoms with E-state index in [-0.39, 0.29) is 59.9 Å². The van der Waals surface area contributed by atoms with Gasteiger partial charge < -0.3 is 26.2 Å². The number of rotatable bonds is 9. The number of fused-ring (bicyclic) bond motifs is 13. The van der Waals surface area contributed by atoms with Gasteiger partial charge >= 0.3 is 0 Å². The third kappa shape index (κ3) is 12.3. The van der Waals surface area contributed by atoms with Gasteiger partial charge in [0, 0.05) is 62.4 Å². The summed E-state index contributed by atoms with van der Waals surface area (Å²) in [7, 11) is 0. The third-order valence-corrected chi connectivity index (χ3v) is 10.0. The second kappa shape index (κ2) is 17.7. The van der Waals surface area contributed by atoms with Crippen molar-refractivity contribution >= 4 is 35.0 Å². The minimum Gasteiger partial charge on any atom is -0.356 e. The molecule has 0 saturated carbocycles. The van der Waals surface area contributed by atoms with Crippen LogP contribution in [0.5, 0.6) is 0 Å². The number of amides is 4. The minimum absolute atomic E-state index is 0.0413. The van der Waals surface area contributed by atoms with E-state index in [4.69, 9.17) is 4.98 Å². The van der Waals surface area contributed by atoms with E-state index >= 15 is 0 Å². The second-order valence-corrected chi connectivity index (χ2v) is 15.5. The third-order valence-electron chi connectivity index (χ3n) is 8.87. The van der Waals surface area contributed by atoms with Crippen molar-refractivity contribution < 1.29 is 19.2 Å². The Balaban J connectivity index is 1.41. The van der Waals surface area contributed by atoms with Gasteiger partial charge in [-0.1, -0.05) is 51.1 Å². The number of aromatic nitrogens is 1. The van der Waals surface area contributed by atoms with Gasteiger partial charge in [0.15, 0.2) is 0 Å². The van der Waals surface area contributed by atoms with Crippen LogP contribution in [0.4, 0.5) is 0 Å². The Morgan fingerprint density at radius 1 is 1.04 bits per heavy atom. The first-order valence-corrected chi connectivity index (χ1v) is 18.1. The van der Waals surface area contributed by atoms with Gasteiger partial charge in [-0.05, 0) is 62.8 Å². The van der Waals surface area contributed by atoms with E-state index in [1.165, 1.54) is 0 Å². The topological polar surface area (TPSA) is 133 Å². The van der Waals surface area contributed by atoms with Crippen molar-refractivity contribution in [2.75, 3.05) is 26.2 Å². The predicted octanol–water partition coefficient (Wildman–Crippen LogP) is 4.37. The Morgan fingerprint density at radius 2 is 1.79 bits per heavy atom. The van der Waals surface area contributed by atoms with E-state index in [1.807, 2.05) is 50.8 Å². The van der Waals surface area contributed by atoms with Crippen LogP contribution in [0.3, 0.4) is 0 Å². The summed E-state index contributed by atoms with van der Waals surface area (Å²) in [6.07, 6.45) is 5.96. The minimum atomic E-state index is -0.338. The van der Waals surface area contributed by atoms with E-state index in [9.17, 15) is 19.2 Å². The summed E-state index contributed by atoms with van der Waals surface area (Å²) in [6.45, 7) is 11.1. The van der Waals surface area contributed by atoms with Gasteiger partial charge in [0.25, 0.3) is 0 Å². The van der Waals surface area contributed by atoms with Crippen molar-refractivity contribution in [1.82, 2.24) is 31.2 Å². The van der Waals surface area contributed by atoms with Crippen molar-refractivity contribution in [3.8, 4) is 0 Å². The second-order valence-electron chi connectivity index (χ2n) is 14.3. The number of benzene rings is 1. The molecule has 3 aliphatic rings. The van der Waals surface area contributed by atoms with Crippen LogP contribution in [-0.4, -0.2) is 71.8 Å². The summed E-state index contributed by atoms with van der Waals surface area (Å²) in [5.74, 6) is 0.174. The fourth-order valence-electron chi connectivity index (χ4n) is 6.28. The number of nitrogens with zero attached hydrogens (tertiary/aromatic N) is 2. The molecule has 47 heavy (non-hydrogen) atoms. The average molecular weight is 667 g/mol. The van der Waals surface area contributed by atoms with Crippen molar-refractivity contribution in [3.05, 3.63) is 51.5 Å². The molecule has 4 amide bonds. The molecule has 258 valence electrons. The molecule has 0 radical (unpaired) electrons. The molecule has 2 atom stereocenters. The number of carbonyl (C=O) groups is 4. The van der Waals surface area contributed by atoms with E-state index in [2.05, 4.69) is 33.4 Å². The van der Waals surface area contributed by atoms with Crippen LogP contribution < -0.4 is 21.3 Å². The van der Waals surface area contributed by atoms with E-state index in [1.54, 1.807) is 11.3 Å². The number of hydrogen-bond acceptors (Lipinski definition) is 7. The lowest BCUT2D eigenvalue weighted by Gasteiger charge is -2.34. The van der Waals surface area contributed by atoms with Crippen LogP contribution in [-0.2, 0) is 32.1 Å². The molecule has 0 unspecified atom stereocenters. The first-order chi connectivity index (χ1) is 22.5. The zero-order valence-electron chi connectivity index (χ0n) is 28.7. The van der Waals surface area contributed by atoms with Crippen LogP contribution in [0.1, 0.15) is 106 Å². The molecule has 1 saturated heterocycles. The smallest absolute Gasteiger partial charge is 0.239 e. The number of aryl methyl sites for hydroxylation is 1. The fraction of sp³-hybridized carbons (Fsp3) is 0.639. The lowest BCUT2D eigenvalue weighted by Crippen LogP contribution is -2.49. The lowest BCUT2D eigenvalue weighted by atomic mass is 9.92. The monoisotopic (exact) mass is 666 g/mol. The highest BCUT2D eigenvalue weighted by Crippen LogP contribution is 2.33. The number of carbonyl (C=O) groups excluding carboxylic acids is 4. The Morgan fingerprint density at radius 3 is 2.51 bits per heavy atom. The molecule has 1 aromatic heterocycles. The summed E-state index contributed by atoms with van der Waals surface area (Å²) in [5.41, 5.74) is 1.85. The zero-order valence-corrected chi connectivity index (χ0v) is 29.5. The first-order valence-electron chi connectivity index (χ1n) is 17.3. The standard InChI is InChI=1S/C36H54N6O4S/c1-25-30-22-32(44)40-28(13-8-9-17-38-33(45)23-36(2,3)4)21-31(43)37-18-10-14-29(39-24-26-11-6-5-7-12-26)35(46)42-19-15-27(16-20-42)34(41-30)47-25/h5-7,11-12,27-29,39H,8-10,13-24H2,1-4H3,(H,37,43)(H,38,45)(H,40,44)/t28-,29-/m0/s1. The predicted molar refractivity (Wildman–Crippen MR) is 186 cm³/mol. The summed E-state index contributed by atoms with van der Waals surface area (Å²) < 4.78 is 0. The summed E-state index contributed by atoms with van der Waals surface area (Å²) in [5, 5.41) is 13.7. The first kappa shape index (κ1) is 36.5. The van der Waals surface area contributed by atoms with Gasteiger partial charge in [-0.25, -0.2) is 4.98 Å². The van der Waals surface area contributed by atoms with Gasteiger partial charge in [-0.2, -0.15) is 0 Å². The summed E-state index contributed by atoms with van der Waals surface area (Å²) in [4.78, 5) is 60.1. The Hall–Kier alpha value is -3.31. The maximum Gasteiger partial charge on any atom is 0.239 e. The van der Waals surface area contributed by atoms with E-state index in [0.717, 1.165) is 46.8 Å². The lowest BCUT2D eigenvalue weighted by molar-refractivity contribution is -0.134. The van der Waals surface area contributed by atoms with E-state index < -0.39 is 0 Å². The highest BCUT2D eigenvalue weighted by atomic mass is 32.1. The van der Waals surface area contributed by atoms with Gasteiger partial charge in [-0.3, -0.25) is 19.2 Å². The van der Waals surface area contributed by atoms with Crippen molar-refractivity contribution in [3.63, 3.8) is 0 Å². The molecule has 1 fully saturated rings. The van der Waals surface area contributed by atoms with Crippen LogP contribution in [0.25, 0.3) is 0 Å². The number of hydrogen-bond donors (Lipinski definition) is 4. The Kier molecular flexibility index (Phi) is 13.8. The molecule has 5 rings (SSSR count). The van der Waals surface area contributed by atoms with Gasteiger partial charge in [0.2, 0.25) is 23.6 Å². The average Bonchev–Trinajstić information content (AvgIpc) is 3.38. The molecule has 10 nitrogen and oxygen atoms in total.